The van der Waals surface area contributed by atoms with E-state index in [0.717, 1.165) is 19.3 Å². The van der Waals surface area contributed by atoms with Crippen LogP contribution in [0.3, 0.4) is 0 Å². The van der Waals surface area contributed by atoms with Gasteiger partial charge in [0.15, 0.2) is 0 Å². The van der Waals surface area contributed by atoms with Crippen molar-refractivity contribution in [3.63, 3.8) is 0 Å². The Labute approximate surface area is 107 Å². The van der Waals surface area contributed by atoms with Crippen LogP contribution in [0.5, 0.6) is 0 Å². The van der Waals surface area contributed by atoms with Crippen molar-refractivity contribution in [3.05, 3.63) is 0 Å². The third kappa shape index (κ3) is 2.22. The first-order chi connectivity index (χ1) is 8.39. The molecule has 2 rings (SSSR count). The highest BCUT2D eigenvalue weighted by Gasteiger charge is 2.47. The number of carbonyl (C=O) groups is 1. The Bertz CT molecular complexity index is 488. The van der Waals surface area contributed by atoms with E-state index in [2.05, 4.69) is 6.07 Å². The lowest BCUT2D eigenvalue weighted by Crippen LogP contribution is -2.50. The average molecular weight is 271 g/mol. The van der Waals surface area contributed by atoms with Crippen LogP contribution in [0.1, 0.15) is 38.5 Å². The predicted octanol–water partition coefficient (Wildman–Crippen LogP) is 0.102. The van der Waals surface area contributed by atoms with E-state index in [1.54, 1.807) is 0 Å². The maximum atomic E-state index is 11.9. The van der Waals surface area contributed by atoms with Crippen LogP contribution >= 0.6 is 0 Å². The second kappa shape index (κ2) is 4.52. The minimum absolute atomic E-state index is 0.0607. The third-order valence-electron chi connectivity index (χ3n) is 3.96. The zero-order valence-corrected chi connectivity index (χ0v) is 10.9. The summed E-state index contributed by atoms with van der Waals surface area (Å²) in [6.07, 6.45) is 4.03. The molecule has 1 saturated carbocycles. The van der Waals surface area contributed by atoms with Crippen molar-refractivity contribution in [3.8, 4) is 6.07 Å². The van der Waals surface area contributed by atoms with Gasteiger partial charge in [-0.25, -0.2) is 13.6 Å². The molecule has 1 atom stereocenters. The number of primary sulfonamides is 1. The topological polar surface area (TPSA) is 104 Å². The summed E-state index contributed by atoms with van der Waals surface area (Å²) in [4.78, 5) is 13.4. The van der Waals surface area contributed by atoms with Gasteiger partial charge in [-0.15, -0.1) is 0 Å². The van der Waals surface area contributed by atoms with Gasteiger partial charge in [0.25, 0.3) is 0 Å². The van der Waals surface area contributed by atoms with Crippen molar-refractivity contribution >= 4 is 15.9 Å². The lowest BCUT2D eigenvalue weighted by Gasteiger charge is -2.39. The molecule has 2 N–H and O–H groups in total. The van der Waals surface area contributed by atoms with Crippen molar-refractivity contribution < 1.29 is 13.2 Å². The van der Waals surface area contributed by atoms with E-state index in [1.807, 2.05) is 0 Å². The van der Waals surface area contributed by atoms with Crippen LogP contribution in [-0.4, -0.2) is 36.6 Å². The summed E-state index contributed by atoms with van der Waals surface area (Å²) in [5.41, 5.74) is -0.811. The first kappa shape index (κ1) is 13.3. The maximum Gasteiger partial charge on any atom is 0.225 e. The molecule has 2 fully saturated rings. The number of hydrogen-bond donors (Lipinski definition) is 1. The van der Waals surface area contributed by atoms with Gasteiger partial charge in [0.05, 0.1) is 6.07 Å². The van der Waals surface area contributed by atoms with Crippen LogP contribution in [0.2, 0.25) is 0 Å². The van der Waals surface area contributed by atoms with Crippen molar-refractivity contribution in [2.75, 3.05) is 6.54 Å². The minimum Gasteiger partial charge on any atom is -0.323 e. The number of nitriles is 1. The van der Waals surface area contributed by atoms with Gasteiger partial charge in [-0.1, -0.05) is 19.3 Å². The van der Waals surface area contributed by atoms with Crippen molar-refractivity contribution in [2.45, 2.75) is 49.3 Å². The number of nitrogens with two attached hydrogens (primary N) is 1. The molecule has 2 aliphatic rings. The molecular weight excluding hydrogens is 254 g/mol. The van der Waals surface area contributed by atoms with Gasteiger partial charge in [0, 0.05) is 13.0 Å². The van der Waals surface area contributed by atoms with Crippen LogP contribution in [0, 0.1) is 11.3 Å². The van der Waals surface area contributed by atoms with Crippen molar-refractivity contribution in [1.29, 1.82) is 5.26 Å². The smallest absolute Gasteiger partial charge is 0.225 e. The van der Waals surface area contributed by atoms with E-state index in [1.165, 1.54) is 4.90 Å². The predicted molar refractivity (Wildman–Crippen MR) is 64.7 cm³/mol. The molecule has 7 heteroatoms. The molecule has 1 amide bonds. The molecule has 1 saturated heterocycles. The highest BCUT2D eigenvalue weighted by molar-refractivity contribution is 7.89. The molecule has 0 aromatic heterocycles. The van der Waals surface area contributed by atoms with E-state index >= 15 is 0 Å². The normalized spacial score (nSPS) is 28.1. The number of likely N-dealkylation sites (tertiary alicyclic amines) is 1. The van der Waals surface area contributed by atoms with Gasteiger partial charge in [-0.2, -0.15) is 5.26 Å². The highest BCUT2D eigenvalue weighted by atomic mass is 32.2. The van der Waals surface area contributed by atoms with Crippen molar-refractivity contribution in [2.24, 2.45) is 5.14 Å². The first-order valence-corrected chi connectivity index (χ1v) is 7.73. The van der Waals surface area contributed by atoms with E-state index in [4.69, 9.17) is 5.14 Å². The molecule has 0 aromatic carbocycles. The fraction of sp³-hybridized carbons (Fsp3) is 0.818. The Morgan fingerprint density at radius 3 is 2.39 bits per heavy atom. The molecule has 0 radical (unpaired) electrons. The summed E-state index contributed by atoms with van der Waals surface area (Å²) in [7, 11) is -3.71. The quantitative estimate of drug-likeness (QED) is 0.769. The maximum absolute atomic E-state index is 11.9. The lowest BCUT2D eigenvalue weighted by molar-refractivity contribution is -0.132. The average Bonchev–Trinajstić information content (AvgIpc) is 2.73. The first-order valence-electron chi connectivity index (χ1n) is 6.12. The van der Waals surface area contributed by atoms with Gasteiger partial charge in [0.1, 0.15) is 10.8 Å². The molecule has 0 bridgehead atoms. The third-order valence-corrected chi connectivity index (χ3v) is 5.20. The van der Waals surface area contributed by atoms with Crippen LogP contribution in [0.4, 0.5) is 0 Å². The van der Waals surface area contributed by atoms with E-state index in [-0.39, 0.29) is 18.9 Å². The second-order valence-corrected chi connectivity index (χ2v) is 6.97. The fourth-order valence-corrected chi connectivity index (χ4v) is 3.62. The lowest BCUT2D eigenvalue weighted by atomic mass is 9.81. The molecular formula is C11H17N3O3S. The molecule has 0 spiro atoms. The molecule has 18 heavy (non-hydrogen) atoms. The van der Waals surface area contributed by atoms with Gasteiger partial charge in [-0.3, -0.25) is 4.79 Å². The molecule has 1 aliphatic heterocycles. The number of sulfonamides is 1. The second-order valence-electron chi connectivity index (χ2n) is 5.12. The number of nitrogens with zero attached hydrogens (tertiary/aromatic N) is 2. The van der Waals surface area contributed by atoms with Gasteiger partial charge in [-0.05, 0) is 12.8 Å². The number of rotatable bonds is 2. The summed E-state index contributed by atoms with van der Waals surface area (Å²) in [5.74, 6) is -0.266. The van der Waals surface area contributed by atoms with E-state index < -0.39 is 20.8 Å². The summed E-state index contributed by atoms with van der Waals surface area (Å²) < 4.78 is 22.6. The summed E-state index contributed by atoms with van der Waals surface area (Å²) in [5, 5.41) is 13.6. The van der Waals surface area contributed by atoms with Crippen LogP contribution < -0.4 is 5.14 Å². The van der Waals surface area contributed by atoms with E-state index in [0.29, 0.717) is 12.8 Å². The molecule has 6 nitrogen and oxygen atoms in total. The zero-order chi connectivity index (χ0) is 13.4. The minimum atomic E-state index is -3.71. The Morgan fingerprint density at radius 1 is 1.33 bits per heavy atom. The molecule has 100 valence electrons. The Kier molecular flexibility index (Phi) is 3.34. The number of hydrogen-bond acceptors (Lipinski definition) is 4. The molecule has 0 aromatic rings. The SMILES string of the molecule is N#CC1(N2CC(S(N)(=O)=O)CC2=O)CCCCC1. The van der Waals surface area contributed by atoms with Gasteiger partial charge >= 0.3 is 0 Å². The Balaban J connectivity index is 2.23. The molecule has 1 heterocycles. The molecule has 1 unspecified atom stereocenters. The van der Waals surface area contributed by atoms with Crippen molar-refractivity contribution in [1.82, 2.24) is 4.90 Å². The Morgan fingerprint density at radius 2 is 1.94 bits per heavy atom. The number of carbonyl (C=O) groups excluding carboxylic acids is 1. The largest absolute Gasteiger partial charge is 0.323 e. The zero-order valence-electron chi connectivity index (χ0n) is 10.1. The fourth-order valence-electron chi connectivity index (χ4n) is 2.89. The summed E-state index contributed by atoms with van der Waals surface area (Å²) >= 11 is 0. The monoisotopic (exact) mass is 271 g/mol. The van der Waals surface area contributed by atoms with Gasteiger partial charge in [0.2, 0.25) is 15.9 Å². The highest BCUT2D eigenvalue weighted by Crippen LogP contribution is 2.36. The van der Waals surface area contributed by atoms with Gasteiger partial charge < -0.3 is 4.90 Å². The molecule has 1 aliphatic carbocycles. The van der Waals surface area contributed by atoms with Crippen LogP contribution in [0.25, 0.3) is 0 Å². The summed E-state index contributed by atoms with van der Waals surface area (Å²) in [6, 6.07) is 2.23. The standard InChI is InChI=1S/C11H17N3O3S/c12-8-11(4-2-1-3-5-11)14-7-9(6-10(14)15)18(13,16)17/h9H,1-7H2,(H2,13,16,17). The van der Waals surface area contributed by atoms with E-state index in [9.17, 15) is 18.5 Å². The van der Waals surface area contributed by atoms with Crippen LogP contribution in [0.15, 0.2) is 0 Å². The number of amides is 1. The Hall–Kier alpha value is -1.13. The summed E-state index contributed by atoms with van der Waals surface area (Å²) in [6.45, 7) is 0.0607. The van der Waals surface area contributed by atoms with Crippen LogP contribution in [-0.2, 0) is 14.8 Å².